The first-order chi connectivity index (χ1) is 14.4. The summed E-state index contributed by atoms with van der Waals surface area (Å²) in [6, 6.07) is 18.3. The molecule has 6 nitrogen and oxygen atoms in total. The molecular formula is C20H14F3N5OS. The van der Waals surface area contributed by atoms with E-state index in [-0.39, 0.29) is 11.4 Å². The van der Waals surface area contributed by atoms with Crippen molar-refractivity contribution >= 4 is 34.1 Å². The zero-order valence-electron chi connectivity index (χ0n) is 15.3. The summed E-state index contributed by atoms with van der Waals surface area (Å²) in [5.41, 5.74) is -0.474. The first kappa shape index (κ1) is 19.9. The van der Waals surface area contributed by atoms with Crippen LogP contribution in [0.25, 0.3) is 16.5 Å². The molecule has 4 rings (SSSR count). The number of rotatable bonds is 5. The fraction of sp³-hybridized carbons (Fsp3) is 0.100. The zero-order valence-corrected chi connectivity index (χ0v) is 16.1. The van der Waals surface area contributed by atoms with Crippen molar-refractivity contribution in [2.24, 2.45) is 0 Å². The van der Waals surface area contributed by atoms with Crippen molar-refractivity contribution in [3.05, 3.63) is 72.3 Å². The van der Waals surface area contributed by atoms with E-state index in [1.165, 1.54) is 22.9 Å². The molecule has 0 aliphatic carbocycles. The Kier molecular flexibility index (Phi) is 5.40. The van der Waals surface area contributed by atoms with Crippen LogP contribution in [0.5, 0.6) is 0 Å². The number of halogens is 3. The molecule has 0 saturated heterocycles. The first-order valence-corrected chi connectivity index (χ1v) is 9.77. The van der Waals surface area contributed by atoms with Gasteiger partial charge in [-0.05, 0) is 45.5 Å². The van der Waals surface area contributed by atoms with Crippen molar-refractivity contribution < 1.29 is 18.0 Å². The number of thioether (sulfide) groups is 1. The zero-order chi connectivity index (χ0) is 21.1. The van der Waals surface area contributed by atoms with Crippen molar-refractivity contribution in [1.82, 2.24) is 20.2 Å². The second kappa shape index (κ2) is 8.15. The number of para-hydroxylation sites is 1. The van der Waals surface area contributed by atoms with Gasteiger partial charge in [0.25, 0.3) is 0 Å². The fourth-order valence-electron chi connectivity index (χ4n) is 2.90. The molecule has 0 spiro atoms. The normalized spacial score (nSPS) is 11.6. The average molecular weight is 429 g/mol. The summed E-state index contributed by atoms with van der Waals surface area (Å²) >= 11 is 1.03. The van der Waals surface area contributed by atoms with Crippen LogP contribution >= 0.6 is 11.8 Å². The van der Waals surface area contributed by atoms with Crippen LogP contribution in [0.2, 0.25) is 0 Å². The Morgan fingerprint density at radius 1 is 1.00 bits per heavy atom. The van der Waals surface area contributed by atoms with Crippen LogP contribution < -0.4 is 5.32 Å². The Balaban J connectivity index is 1.48. The van der Waals surface area contributed by atoms with Crippen molar-refractivity contribution in [1.29, 1.82) is 0 Å². The van der Waals surface area contributed by atoms with Gasteiger partial charge in [-0.3, -0.25) is 4.79 Å². The summed E-state index contributed by atoms with van der Waals surface area (Å²) in [5, 5.41) is 16.2. The predicted octanol–water partition coefficient (Wildman–Crippen LogP) is 4.57. The maximum atomic E-state index is 13.1. The van der Waals surface area contributed by atoms with Gasteiger partial charge in [-0.1, -0.05) is 54.2 Å². The number of nitrogens with one attached hydrogen (secondary N) is 1. The maximum Gasteiger partial charge on any atom is 0.418 e. The van der Waals surface area contributed by atoms with Crippen LogP contribution in [-0.2, 0) is 11.0 Å². The van der Waals surface area contributed by atoms with Gasteiger partial charge in [-0.15, -0.1) is 5.10 Å². The van der Waals surface area contributed by atoms with E-state index in [1.54, 1.807) is 0 Å². The number of alkyl halides is 3. The minimum atomic E-state index is -4.56. The quantitative estimate of drug-likeness (QED) is 0.471. The van der Waals surface area contributed by atoms with Gasteiger partial charge in [-0.25, -0.2) is 0 Å². The molecule has 0 bridgehead atoms. The molecule has 0 saturated carbocycles. The van der Waals surface area contributed by atoms with Gasteiger partial charge in [0.15, 0.2) is 0 Å². The Morgan fingerprint density at radius 3 is 2.53 bits per heavy atom. The number of nitrogens with zero attached hydrogens (tertiary/aromatic N) is 4. The molecule has 30 heavy (non-hydrogen) atoms. The largest absolute Gasteiger partial charge is 0.418 e. The van der Waals surface area contributed by atoms with Gasteiger partial charge in [0, 0.05) is 0 Å². The minimum Gasteiger partial charge on any atom is -0.325 e. The van der Waals surface area contributed by atoms with Crippen molar-refractivity contribution in [2.45, 2.75) is 11.3 Å². The second-order valence-corrected chi connectivity index (χ2v) is 7.23. The highest BCUT2D eigenvalue weighted by Gasteiger charge is 2.33. The molecule has 0 aliphatic heterocycles. The van der Waals surface area contributed by atoms with E-state index < -0.39 is 17.6 Å². The molecule has 1 aromatic heterocycles. The van der Waals surface area contributed by atoms with Crippen molar-refractivity contribution in [3.63, 3.8) is 0 Å². The number of tetrazole rings is 1. The lowest BCUT2D eigenvalue weighted by Crippen LogP contribution is -2.18. The lowest BCUT2D eigenvalue weighted by molar-refractivity contribution is -0.137. The lowest BCUT2D eigenvalue weighted by atomic mass is 10.1. The standard InChI is InChI=1S/C20H14F3N5OS/c21-20(22,23)16-7-3-4-8-17(16)24-18(29)12-30-19-25-26-27-28(19)15-10-9-13-5-1-2-6-14(13)11-15/h1-11H,12H2,(H,24,29). The Labute approximate surface area is 173 Å². The van der Waals surface area contributed by atoms with Crippen LogP contribution in [-0.4, -0.2) is 31.9 Å². The number of amides is 1. The highest BCUT2D eigenvalue weighted by atomic mass is 32.2. The molecule has 3 aromatic carbocycles. The second-order valence-electron chi connectivity index (χ2n) is 6.28. The average Bonchev–Trinajstić information content (AvgIpc) is 3.20. The van der Waals surface area contributed by atoms with E-state index in [4.69, 9.17) is 0 Å². The predicted molar refractivity (Wildman–Crippen MR) is 107 cm³/mol. The summed E-state index contributed by atoms with van der Waals surface area (Å²) in [7, 11) is 0. The van der Waals surface area contributed by atoms with Crippen LogP contribution in [0.1, 0.15) is 5.56 Å². The maximum absolute atomic E-state index is 13.1. The Hall–Kier alpha value is -3.40. The highest BCUT2D eigenvalue weighted by molar-refractivity contribution is 7.99. The molecule has 152 valence electrons. The minimum absolute atomic E-state index is 0.153. The molecule has 4 aromatic rings. The summed E-state index contributed by atoms with van der Waals surface area (Å²) in [5.74, 6) is -0.745. The third-order valence-electron chi connectivity index (χ3n) is 4.26. The Bertz CT molecular complexity index is 1210. The van der Waals surface area contributed by atoms with Crippen LogP contribution in [0, 0.1) is 0 Å². The summed E-state index contributed by atoms with van der Waals surface area (Å²) in [6.07, 6.45) is -4.56. The van der Waals surface area contributed by atoms with E-state index in [9.17, 15) is 18.0 Å². The first-order valence-electron chi connectivity index (χ1n) is 8.78. The number of carbonyl (C=O) groups is 1. The molecule has 0 radical (unpaired) electrons. The van der Waals surface area contributed by atoms with Crippen LogP contribution in [0.15, 0.2) is 71.9 Å². The van der Waals surface area contributed by atoms with E-state index in [1.807, 2.05) is 42.5 Å². The number of anilines is 1. The molecule has 1 amide bonds. The van der Waals surface area contributed by atoms with Gasteiger partial charge < -0.3 is 5.32 Å². The molecule has 0 unspecified atom stereocenters. The lowest BCUT2D eigenvalue weighted by Gasteiger charge is -2.13. The summed E-state index contributed by atoms with van der Waals surface area (Å²) in [4.78, 5) is 12.2. The van der Waals surface area contributed by atoms with Crippen LogP contribution in [0.3, 0.4) is 0 Å². The number of carbonyl (C=O) groups excluding carboxylic acids is 1. The van der Waals surface area contributed by atoms with Gasteiger partial charge in [0.2, 0.25) is 11.1 Å². The topological polar surface area (TPSA) is 72.7 Å². The molecule has 10 heteroatoms. The van der Waals surface area contributed by atoms with Gasteiger partial charge in [0.1, 0.15) is 0 Å². The molecule has 0 aliphatic rings. The Morgan fingerprint density at radius 2 is 1.73 bits per heavy atom. The number of hydrogen-bond acceptors (Lipinski definition) is 5. The van der Waals surface area contributed by atoms with Crippen molar-refractivity contribution in [3.8, 4) is 5.69 Å². The summed E-state index contributed by atoms with van der Waals surface area (Å²) in [6.45, 7) is 0. The SMILES string of the molecule is O=C(CSc1nnnn1-c1ccc2ccccc2c1)Nc1ccccc1C(F)(F)F. The number of aromatic nitrogens is 4. The van der Waals surface area contributed by atoms with E-state index >= 15 is 0 Å². The number of hydrogen-bond donors (Lipinski definition) is 1. The smallest absolute Gasteiger partial charge is 0.325 e. The molecule has 1 heterocycles. The van der Waals surface area contributed by atoms with E-state index in [0.717, 1.165) is 28.6 Å². The third-order valence-corrected chi connectivity index (χ3v) is 5.18. The van der Waals surface area contributed by atoms with E-state index in [2.05, 4.69) is 20.8 Å². The molecule has 1 N–H and O–H groups in total. The van der Waals surface area contributed by atoms with Crippen LogP contribution in [0.4, 0.5) is 18.9 Å². The van der Waals surface area contributed by atoms with Crippen molar-refractivity contribution in [2.75, 3.05) is 11.1 Å². The molecular weight excluding hydrogens is 415 g/mol. The number of fused-ring (bicyclic) bond motifs is 1. The molecule has 0 atom stereocenters. The summed E-state index contributed by atoms with van der Waals surface area (Å²) < 4.78 is 40.7. The fourth-order valence-corrected chi connectivity index (χ4v) is 3.59. The highest BCUT2D eigenvalue weighted by Crippen LogP contribution is 2.34. The van der Waals surface area contributed by atoms with E-state index in [0.29, 0.717) is 10.8 Å². The number of benzene rings is 3. The molecule has 0 fully saturated rings. The monoisotopic (exact) mass is 429 g/mol. The van der Waals surface area contributed by atoms with Gasteiger partial charge in [0.05, 0.1) is 22.7 Å². The van der Waals surface area contributed by atoms with Gasteiger partial charge >= 0.3 is 6.18 Å². The van der Waals surface area contributed by atoms with Gasteiger partial charge in [-0.2, -0.15) is 17.9 Å². The third kappa shape index (κ3) is 4.28.